The molecule has 0 radical (unpaired) electrons. The van der Waals surface area contributed by atoms with E-state index in [2.05, 4.69) is 5.32 Å². The second-order valence-corrected chi connectivity index (χ2v) is 5.67. The van der Waals surface area contributed by atoms with Gasteiger partial charge in [-0.2, -0.15) is 0 Å². The average molecular weight is 250 g/mol. The summed E-state index contributed by atoms with van der Waals surface area (Å²) in [5.41, 5.74) is 5.18. The highest BCUT2D eigenvalue weighted by Crippen LogP contribution is 2.22. The van der Waals surface area contributed by atoms with Crippen LogP contribution >= 0.6 is 0 Å². The molecular formula is C9H12F2N2O2S. The highest BCUT2D eigenvalue weighted by molar-refractivity contribution is 7.90. The van der Waals surface area contributed by atoms with Gasteiger partial charge >= 0.3 is 0 Å². The zero-order valence-corrected chi connectivity index (χ0v) is 9.44. The summed E-state index contributed by atoms with van der Waals surface area (Å²) in [6.07, 6.45) is 1.07. The molecule has 1 aromatic carbocycles. The van der Waals surface area contributed by atoms with Crippen LogP contribution in [0.5, 0.6) is 0 Å². The fourth-order valence-corrected chi connectivity index (χ4v) is 1.57. The topological polar surface area (TPSA) is 72.2 Å². The standard InChI is InChI=1S/C9H12F2N2O2S/c1-16(14,15)3-2-13-8-5-6(10)4-7(11)9(8)12/h4-5,13H,2-3,12H2,1H3. The third kappa shape index (κ3) is 3.65. The minimum Gasteiger partial charge on any atom is -0.395 e. The van der Waals surface area contributed by atoms with Gasteiger partial charge in [0.15, 0.2) is 5.82 Å². The molecule has 1 rings (SSSR count). The number of benzene rings is 1. The number of rotatable bonds is 4. The molecule has 0 fully saturated rings. The summed E-state index contributed by atoms with van der Waals surface area (Å²) in [5, 5.41) is 2.57. The number of halogens is 2. The summed E-state index contributed by atoms with van der Waals surface area (Å²) in [4.78, 5) is 0. The molecule has 1 aromatic rings. The zero-order valence-electron chi connectivity index (χ0n) is 8.63. The molecule has 0 aliphatic rings. The van der Waals surface area contributed by atoms with Gasteiger partial charge in [-0.25, -0.2) is 17.2 Å². The van der Waals surface area contributed by atoms with Gasteiger partial charge in [0.05, 0.1) is 17.1 Å². The Bertz CT molecular complexity index is 489. The molecule has 7 heteroatoms. The summed E-state index contributed by atoms with van der Waals surface area (Å²) in [5.74, 6) is -1.78. The van der Waals surface area contributed by atoms with Gasteiger partial charge in [0.25, 0.3) is 0 Å². The summed E-state index contributed by atoms with van der Waals surface area (Å²) >= 11 is 0. The molecule has 4 nitrogen and oxygen atoms in total. The Morgan fingerprint density at radius 3 is 2.56 bits per heavy atom. The Morgan fingerprint density at radius 2 is 2.00 bits per heavy atom. The van der Waals surface area contributed by atoms with Crippen LogP contribution in [0, 0.1) is 11.6 Å². The predicted octanol–water partition coefficient (Wildman–Crippen LogP) is 1.00. The summed E-state index contributed by atoms with van der Waals surface area (Å²) in [6, 6.07) is 1.68. The Labute approximate surface area is 92.4 Å². The molecule has 0 aliphatic heterocycles. The van der Waals surface area contributed by atoms with Crippen LogP contribution in [-0.2, 0) is 9.84 Å². The quantitative estimate of drug-likeness (QED) is 0.782. The lowest BCUT2D eigenvalue weighted by molar-refractivity contribution is 0.587. The number of hydrogen-bond donors (Lipinski definition) is 2. The fraction of sp³-hybridized carbons (Fsp3) is 0.333. The first-order valence-electron chi connectivity index (χ1n) is 4.46. The van der Waals surface area contributed by atoms with E-state index in [1.54, 1.807) is 0 Å². The van der Waals surface area contributed by atoms with Crippen LogP contribution in [0.4, 0.5) is 20.2 Å². The second-order valence-electron chi connectivity index (χ2n) is 3.41. The number of nitrogens with two attached hydrogens (primary N) is 1. The Balaban J connectivity index is 2.75. The third-order valence-electron chi connectivity index (χ3n) is 1.88. The lowest BCUT2D eigenvalue weighted by atomic mass is 10.2. The van der Waals surface area contributed by atoms with Gasteiger partial charge in [0, 0.05) is 18.9 Å². The minimum absolute atomic E-state index is 0.0475. The maximum absolute atomic E-state index is 13.0. The van der Waals surface area contributed by atoms with Crippen molar-refractivity contribution in [1.29, 1.82) is 0 Å². The number of nitrogens with one attached hydrogen (secondary N) is 1. The van der Waals surface area contributed by atoms with Gasteiger partial charge in [-0.05, 0) is 6.07 Å². The minimum atomic E-state index is -3.12. The van der Waals surface area contributed by atoms with Crippen LogP contribution in [0.1, 0.15) is 0 Å². The van der Waals surface area contributed by atoms with E-state index in [0.29, 0.717) is 6.07 Å². The molecule has 0 amide bonds. The average Bonchev–Trinajstić information content (AvgIpc) is 2.11. The summed E-state index contributed by atoms with van der Waals surface area (Å²) in [7, 11) is -3.12. The van der Waals surface area contributed by atoms with Crippen LogP contribution in [0.25, 0.3) is 0 Å². The fourth-order valence-electron chi connectivity index (χ4n) is 1.10. The largest absolute Gasteiger partial charge is 0.395 e. The van der Waals surface area contributed by atoms with Gasteiger partial charge < -0.3 is 11.1 Å². The molecule has 0 atom stereocenters. The van der Waals surface area contributed by atoms with Gasteiger partial charge in [-0.1, -0.05) is 0 Å². The first-order chi connectivity index (χ1) is 7.29. The maximum atomic E-state index is 13.0. The highest BCUT2D eigenvalue weighted by atomic mass is 32.2. The van der Waals surface area contributed by atoms with Crippen LogP contribution in [0.3, 0.4) is 0 Å². The second kappa shape index (κ2) is 4.65. The molecule has 0 saturated carbocycles. The van der Waals surface area contributed by atoms with Gasteiger partial charge in [0.2, 0.25) is 0 Å². The zero-order chi connectivity index (χ0) is 12.3. The molecule has 3 N–H and O–H groups in total. The van der Waals surface area contributed by atoms with Crippen LogP contribution < -0.4 is 11.1 Å². The van der Waals surface area contributed by atoms with E-state index in [1.165, 1.54) is 0 Å². The Hall–Kier alpha value is -1.37. The predicted molar refractivity (Wildman–Crippen MR) is 59.0 cm³/mol. The van der Waals surface area contributed by atoms with E-state index >= 15 is 0 Å². The van der Waals surface area contributed by atoms with Crippen molar-refractivity contribution in [3.8, 4) is 0 Å². The van der Waals surface area contributed by atoms with Crippen LogP contribution in [0.15, 0.2) is 12.1 Å². The molecule has 0 aromatic heterocycles. The van der Waals surface area contributed by atoms with Crippen molar-refractivity contribution < 1.29 is 17.2 Å². The van der Waals surface area contributed by atoms with Gasteiger partial charge in [0.1, 0.15) is 15.7 Å². The van der Waals surface area contributed by atoms with Crippen molar-refractivity contribution in [1.82, 2.24) is 0 Å². The van der Waals surface area contributed by atoms with E-state index in [0.717, 1.165) is 12.3 Å². The van der Waals surface area contributed by atoms with E-state index in [1.807, 2.05) is 0 Å². The summed E-state index contributed by atoms with van der Waals surface area (Å²) < 4.78 is 47.4. The van der Waals surface area contributed by atoms with Crippen molar-refractivity contribution in [3.05, 3.63) is 23.8 Å². The molecule has 16 heavy (non-hydrogen) atoms. The molecule has 0 spiro atoms. The van der Waals surface area contributed by atoms with Crippen molar-refractivity contribution in [2.24, 2.45) is 0 Å². The lowest BCUT2D eigenvalue weighted by Gasteiger charge is -2.09. The van der Waals surface area contributed by atoms with Crippen molar-refractivity contribution in [2.75, 3.05) is 29.6 Å². The highest BCUT2D eigenvalue weighted by Gasteiger charge is 2.08. The van der Waals surface area contributed by atoms with Gasteiger partial charge in [-0.15, -0.1) is 0 Å². The molecule has 0 bridgehead atoms. The molecule has 0 heterocycles. The number of nitrogen functional groups attached to an aromatic ring is 1. The smallest absolute Gasteiger partial charge is 0.151 e. The number of sulfone groups is 1. The Kier molecular flexibility index (Phi) is 3.69. The van der Waals surface area contributed by atoms with E-state index in [-0.39, 0.29) is 23.7 Å². The van der Waals surface area contributed by atoms with Crippen molar-refractivity contribution >= 4 is 21.2 Å². The monoisotopic (exact) mass is 250 g/mol. The van der Waals surface area contributed by atoms with Crippen LogP contribution in [0.2, 0.25) is 0 Å². The summed E-state index contributed by atoms with van der Waals surface area (Å²) in [6.45, 7) is 0.0475. The van der Waals surface area contributed by atoms with Crippen LogP contribution in [-0.4, -0.2) is 27.0 Å². The van der Waals surface area contributed by atoms with Gasteiger partial charge in [-0.3, -0.25) is 0 Å². The maximum Gasteiger partial charge on any atom is 0.151 e. The van der Waals surface area contributed by atoms with E-state index in [9.17, 15) is 17.2 Å². The van der Waals surface area contributed by atoms with E-state index < -0.39 is 21.5 Å². The first kappa shape index (κ1) is 12.7. The van der Waals surface area contributed by atoms with E-state index in [4.69, 9.17) is 5.73 Å². The normalized spacial score (nSPS) is 11.4. The number of hydrogen-bond acceptors (Lipinski definition) is 4. The molecule has 0 unspecified atom stereocenters. The third-order valence-corrected chi connectivity index (χ3v) is 2.83. The molecule has 90 valence electrons. The molecule has 0 aliphatic carbocycles. The lowest BCUT2D eigenvalue weighted by Crippen LogP contribution is -2.15. The SMILES string of the molecule is CS(=O)(=O)CCNc1cc(F)cc(F)c1N. The van der Waals surface area contributed by atoms with Crippen molar-refractivity contribution in [3.63, 3.8) is 0 Å². The molecule has 0 saturated heterocycles. The van der Waals surface area contributed by atoms with Crippen molar-refractivity contribution in [2.45, 2.75) is 0 Å². The Morgan fingerprint density at radius 1 is 1.38 bits per heavy atom. The first-order valence-corrected chi connectivity index (χ1v) is 6.52. The molecular weight excluding hydrogens is 238 g/mol. The number of anilines is 2.